The molecule has 0 atom stereocenters. The first-order valence-electron chi connectivity index (χ1n) is 11.9. The highest BCUT2D eigenvalue weighted by molar-refractivity contribution is 5.86. The lowest BCUT2D eigenvalue weighted by molar-refractivity contribution is 0.199. The zero-order valence-corrected chi connectivity index (χ0v) is 18.2. The molecule has 0 unspecified atom stereocenters. The van der Waals surface area contributed by atoms with Gasteiger partial charge in [-0.1, -0.05) is 24.3 Å². The molecule has 0 bridgehead atoms. The molecular weight excluding hydrogens is 372 g/mol. The van der Waals surface area contributed by atoms with Crippen LogP contribution < -0.4 is 10.6 Å². The molecule has 6 nitrogen and oxygen atoms in total. The van der Waals surface area contributed by atoms with Gasteiger partial charge >= 0.3 is 0 Å². The highest BCUT2D eigenvalue weighted by atomic mass is 15.1. The molecule has 0 aromatic heterocycles. The first-order chi connectivity index (χ1) is 14.8. The van der Waals surface area contributed by atoms with E-state index in [4.69, 9.17) is 0 Å². The van der Waals surface area contributed by atoms with Gasteiger partial charge in [0.25, 0.3) is 0 Å². The quantitative estimate of drug-likeness (QED) is 0.757. The topological polar surface area (TPSA) is 55.3 Å². The van der Waals surface area contributed by atoms with E-state index in [9.17, 15) is 0 Å². The fraction of sp³-hybridized carbons (Fsp3) is 0.667. The Labute approximate surface area is 180 Å². The first-order valence-corrected chi connectivity index (χ1v) is 11.9. The molecule has 4 aliphatic heterocycles. The van der Waals surface area contributed by atoms with E-state index in [1.807, 2.05) is 0 Å². The van der Waals surface area contributed by atoms with Crippen LogP contribution in [-0.4, -0.2) is 73.8 Å². The highest BCUT2D eigenvalue weighted by Gasteiger charge is 2.26. The van der Waals surface area contributed by atoms with Crippen LogP contribution >= 0.6 is 0 Å². The Bertz CT molecular complexity index is 689. The van der Waals surface area contributed by atoms with E-state index >= 15 is 0 Å². The van der Waals surface area contributed by atoms with Crippen LogP contribution in [0.4, 0.5) is 0 Å². The standard InChI is InChI=1S/C24H36N6/c1-2-20(18-30-15-7-22(8-16-30)24-27-11-12-28-24)4-3-19(1)17-29-13-5-21(6-14-29)23-25-9-10-26-23/h1-4,21-22H,5-18H2,(H,25,26)(H,27,28). The maximum Gasteiger partial charge on any atom is 0.0996 e. The van der Waals surface area contributed by atoms with Crippen molar-refractivity contribution in [3.05, 3.63) is 35.4 Å². The maximum absolute atomic E-state index is 4.62. The normalized spacial score (nSPS) is 24.4. The van der Waals surface area contributed by atoms with Gasteiger partial charge in [-0.3, -0.25) is 19.8 Å². The van der Waals surface area contributed by atoms with Gasteiger partial charge in [-0.15, -0.1) is 0 Å². The molecule has 30 heavy (non-hydrogen) atoms. The highest BCUT2D eigenvalue weighted by Crippen LogP contribution is 2.23. The monoisotopic (exact) mass is 408 g/mol. The van der Waals surface area contributed by atoms with Crippen LogP contribution in [0.3, 0.4) is 0 Å². The van der Waals surface area contributed by atoms with E-state index in [0.717, 1.165) is 39.3 Å². The average Bonchev–Trinajstić information content (AvgIpc) is 3.51. The fourth-order valence-electron chi connectivity index (χ4n) is 5.37. The lowest BCUT2D eigenvalue weighted by Crippen LogP contribution is -2.39. The van der Waals surface area contributed by atoms with Gasteiger partial charge in [0.05, 0.1) is 24.8 Å². The summed E-state index contributed by atoms with van der Waals surface area (Å²) in [6.07, 6.45) is 4.95. The van der Waals surface area contributed by atoms with Gasteiger partial charge in [-0.25, -0.2) is 0 Å². The number of piperidine rings is 2. The second-order valence-corrected chi connectivity index (χ2v) is 9.30. The van der Waals surface area contributed by atoms with Gasteiger partial charge in [0, 0.05) is 38.0 Å². The van der Waals surface area contributed by atoms with Crippen LogP contribution in [0.15, 0.2) is 34.3 Å². The minimum atomic E-state index is 0.659. The van der Waals surface area contributed by atoms with Gasteiger partial charge in [-0.05, 0) is 63.0 Å². The second-order valence-electron chi connectivity index (χ2n) is 9.30. The number of likely N-dealkylation sites (tertiary alicyclic amines) is 2. The zero-order chi connectivity index (χ0) is 20.2. The average molecular weight is 409 g/mol. The molecule has 6 heteroatoms. The van der Waals surface area contributed by atoms with E-state index in [-0.39, 0.29) is 0 Å². The third kappa shape index (κ3) is 4.86. The van der Waals surface area contributed by atoms with Crippen LogP contribution in [-0.2, 0) is 13.1 Å². The summed E-state index contributed by atoms with van der Waals surface area (Å²) in [7, 11) is 0. The molecule has 0 saturated carbocycles. The number of nitrogens with one attached hydrogen (secondary N) is 2. The predicted molar refractivity (Wildman–Crippen MR) is 123 cm³/mol. The molecule has 1 aromatic carbocycles. The minimum Gasteiger partial charge on any atom is -0.372 e. The van der Waals surface area contributed by atoms with Crippen LogP contribution in [0.25, 0.3) is 0 Å². The van der Waals surface area contributed by atoms with E-state index < -0.39 is 0 Å². The number of aliphatic imine (C=N–C) groups is 2. The van der Waals surface area contributed by atoms with E-state index in [0.29, 0.717) is 11.8 Å². The van der Waals surface area contributed by atoms with Crippen molar-refractivity contribution in [2.75, 3.05) is 52.4 Å². The summed E-state index contributed by atoms with van der Waals surface area (Å²) >= 11 is 0. The number of hydrogen-bond donors (Lipinski definition) is 2. The number of amidine groups is 2. The van der Waals surface area contributed by atoms with Crippen molar-refractivity contribution in [1.82, 2.24) is 20.4 Å². The molecule has 162 valence electrons. The van der Waals surface area contributed by atoms with Gasteiger partial charge in [-0.2, -0.15) is 0 Å². The first kappa shape index (κ1) is 20.0. The SMILES string of the molecule is c1cc(CN2CCC(C3=NCCN3)CC2)ccc1CN1CCC(C2=NCCN2)CC1. The Kier molecular flexibility index (Phi) is 6.32. The summed E-state index contributed by atoms with van der Waals surface area (Å²) in [6.45, 7) is 10.9. The van der Waals surface area contributed by atoms with Gasteiger partial charge in [0.15, 0.2) is 0 Å². The third-order valence-corrected chi connectivity index (χ3v) is 7.18. The number of rotatable bonds is 6. The fourth-order valence-corrected chi connectivity index (χ4v) is 5.37. The molecule has 2 fully saturated rings. The predicted octanol–water partition coefficient (Wildman–Crippen LogP) is 2.11. The summed E-state index contributed by atoms with van der Waals surface area (Å²) in [5, 5.41) is 6.93. The molecule has 0 aliphatic carbocycles. The van der Waals surface area contributed by atoms with Gasteiger partial charge in [0.2, 0.25) is 0 Å². The largest absolute Gasteiger partial charge is 0.372 e. The van der Waals surface area contributed by atoms with Crippen molar-refractivity contribution >= 4 is 11.7 Å². The zero-order valence-electron chi connectivity index (χ0n) is 18.2. The Morgan fingerprint density at radius 1 is 0.667 bits per heavy atom. The molecule has 5 rings (SSSR count). The van der Waals surface area contributed by atoms with E-state index in [2.05, 4.69) is 54.7 Å². The van der Waals surface area contributed by atoms with Crippen molar-refractivity contribution < 1.29 is 0 Å². The Morgan fingerprint density at radius 2 is 1.07 bits per heavy atom. The van der Waals surface area contributed by atoms with Crippen LogP contribution in [0.1, 0.15) is 36.8 Å². The lowest BCUT2D eigenvalue weighted by Gasteiger charge is -2.32. The van der Waals surface area contributed by atoms with Gasteiger partial charge in [0.1, 0.15) is 0 Å². The molecule has 0 radical (unpaired) electrons. The molecular formula is C24H36N6. The van der Waals surface area contributed by atoms with Crippen molar-refractivity contribution in [3.8, 4) is 0 Å². The van der Waals surface area contributed by atoms with Crippen molar-refractivity contribution in [2.24, 2.45) is 21.8 Å². The Balaban J connectivity index is 1.05. The smallest absolute Gasteiger partial charge is 0.0996 e. The number of hydrogen-bond acceptors (Lipinski definition) is 6. The van der Waals surface area contributed by atoms with E-state index in [1.54, 1.807) is 0 Å². The molecule has 0 spiro atoms. The summed E-state index contributed by atoms with van der Waals surface area (Å²) in [6, 6.07) is 9.36. The minimum absolute atomic E-state index is 0.659. The van der Waals surface area contributed by atoms with Crippen molar-refractivity contribution in [3.63, 3.8) is 0 Å². The second kappa shape index (κ2) is 9.48. The van der Waals surface area contributed by atoms with E-state index in [1.165, 1.54) is 74.7 Å². The third-order valence-electron chi connectivity index (χ3n) is 7.18. The lowest BCUT2D eigenvalue weighted by atomic mass is 9.95. The molecule has 2 N–H and O–H groups in total. The Hall–Kier alpha value is -1.92. The van der Waals surface area contributed by atoms with Crippen LogP contribution in [0.2, 0.25) is 0 Å². The van der Waals surface area contributed by atoms with Crippen molar-refractivity contribution in [2.45, 2.75) is 38.8 Å². The summed E-state index contributed by atoms with van der Waals surface area (Å²) in [5.41, 5.74) is 2.88. The Morgan fingerprint density at radius 3 is 1.40 bits per heavy atom. The summed E-state index contributed by atoms with van der Waals surface area (Å²) < 4.78 is 0. The van der Waals surface area contributed by atoms with Gasteiger partial charge < -0.3 is 10.6 Å². The molecule has 2 saturated heterocycles. The number of nitrogens with zero attached hydrogens (tertiary/aromatic N) is 4. The van der Waals surface area contributed by atoms with Crippen LogP contribution in [0.5, 0.6) is 0 Å². The summed E-state index contributed by atoms with van der Waals surface area (Å²) in [5.74, 6) is 3.87. The molecule has 1 aromatic rings. The molecule has 0 amide bonds. The van der Waals surface area contributed by atoms with Crippen molar-refractivity contribution in [1.29, 1.82) is 0 Å². The molecule has 4 heterocycles. The summed E-state index contributed by atoms with van der Waals surface area (Å²) in [4.78, 5) is 14.5. The maximum atomic E-state index is 4.62. The number of benzene rings is 1. The van der Waals surface area contributed by atoms with Crippen LogP contribution in [0, 0.1) is 11.8 Å². The molecule has 4 aliphatic rings.